The Kier molecular flexibility index (Phi) is 10.2. The average molecular weight is 604 g/mol. The number of aliphatic hydroxyl groups excluding tert-OH is 1. The molecule has 2 aliphatic rings. The molecule has 1 fully saturated rings. The van der Waals surface area contributed by atoms with Crippen LogP contribution in [0.1, 0.15) is 69.7 Å². The van der Waals surface area contributed by atoms with Gasteiger partial charge in [-0.15, -0.1) is 0 Å². The maximum absolute atomic E-state index is 12.3. The van der Waals surface area contributed by atoms with Crippen LogP contribution < -0.4 is 21.3 Å². The van der Waals surface area contributed by atoms with E-state index < -0.39 is 6.23 Å². The molecule has 11 heteroatoms. The third kappa shape index (κ3) is 8.36. The monoisotopic (exact) mass is 603 g/mol. The zero-order valence-electron chi connectivity index (χ0n) is 26.6. The Hall–Kier alpha value is -3.48. The molecule has 0 saturated carbocycles. The summed E-state index contributed by atoms with van der Waals surface area (Å²) in [5.41, 5.74) is 5.93. The van der Waals surface area contributed by atoms with Gasteiger partial charge in [0.2, 0.25) is 17.7 Å². The highest BCUT2D eigenvalue weighted by Gasteiger charge is 2.25. The van der Waals surface area contributed by atoms with Crippen LogP contribution in [0.25, 0.3) is 0 Å². The summed E-state index contributed by atoms with van der Waals surface area (Å²) in [5, 5.41) is 22.5. The van der Waals surface area contributed by atoms with Crippen molar-refractivity contribution in [2.75, 3.05) is 38.2 Å². The van der Waals surface area contributed by atoms with Crippen molar-refractivity contribution in [2.45, 2.75) is 71.7 Å². The van der Waals surface area contributed by atoms with E-state index in [-0.39, 0.29) is 23.3 Å². The van der Waals surface area contributed by atoms with Crippen LogP contribution in [0, 0.1) is 5.92 Å². The van der Waals surface area contributed by atoms with E-state index in [1.54, 1.807) is 6.20 Å². The number of fused-ring (bicyclic) bond motifs is 1. The number of benzene rings is 1. The number of amides is 1. The van der Waals surface area contributed by atoms with Crippen LogP contribution in [0.2, 0.25) is 0 Å². The van der Waals surface area contributed by atoms with Gasteiger partial charge in [0.05, 0.1) is 23.8 Å². The first-order valence-corrected chi connectivity index (χ1v) is 15.6. The summed E-state index contributed by atoms with van der Waals surface area (Å²) in [6.07, 6.45) is 4.35. The minimum Gasteiger partial charge on any atom is -0.381 e. The molecule has 0 bridgehead atoms. The summed E-state index contributed by atoms with van der Waals surface area (Å²) in [7, 11) is 0. The average Bonchev–Trinajstić information content (AvgIpc) is 3.52. The highest BCUT2D eigenvalue weighted by Crippen LogP contribution is 2.26. The largest absolute Gasteiger partial charge is 0.381 e. The number of ether oxygens (including phenoxy) is 1. The summed E-state index contributed by atoms with van der Waals surface area (Å²) >= 11 is 0. The summed E-state index contributed by atoms with van der Waals surface area (Å²) < 4.78 is 5.34. The van der Waals surface area contributed by atoms with Gasteiger partial charge >= 0.3 is 0 Å². The normalized spacial score (nSPS) is 17.8. The molecule has 1 aromatic carbocycles. The second-order valence-corrected chi connectivity index (χ2v) is 13.1. The zero-order chi connectivity index (χ0) is 31.3. The van der Waals surface area contributed by atoms with Crippen LogP contribution in [0.4, 0.5) is 23.1 Å². The molecule has 4 heterocycles. The van der Waals surface area contributed by atoms with Crippen molar-refractivity contribution in [2.24, 2.45) is 5.92 Å². The Balaban J connectivity index is 1.28. The number of rotatable bonds is 11. The molecular formula is C33H47N8O3+. The molecule has 1 saturated heterocycles. The van der Waals surface area contributed by atoms with E-state index >= 15 is 0 Å². The molecular weight excluding hydrogens is 556 g/mol. The third-order valence-corrected chi connectivity index (χ3v) is 8.07. The van der Waals surface area contributed by atoms with Crippen LogP contribution >= 0.6 is 0 Å². The number of pyridine rings is 1. The van der Waals surface area contributed by atoms with E-state index in [1.807, 2.05) is 31.4 Å². The molecule has 11 nitrogen and oxygen atoms in total. The molecule has 236 valence electrons. The quantitative estimate of drug-likeness (QED) is 0.209. The van der Waals surface area contributed by atoms with Gasteiger partial charge in [0, 0.05) is 74.5 Å². The van der Waals surface area contributed by atoms with E-state index in [1.165, 1.54) is 11.1 Å². The number of quaternary nitrogens is 1. The first-order valence-electron chi connectivity index (χ1n) is 15.6. The maximum atomic E-state index is 12.3. The van der Waals surface area contributed by atoms with Gasteiger partial charge in [0.1, 0.15) is 11.9 Å². The number of aromatic nitrogens is 3. The van der Waals surface area contributed by atoms with Crippen molar-refractivity contribution in [3.63, 3.8) is 0 Å². The molecule has 0 aliphatic carbocycles. The minimum atomic E-state index is -0.912. The molecule has 0 radical (unpaired) electrons. The molecule has 0 spiro atoms. The van der Waals surface area contributed by atoms with E-state index in [0.717, 1.165) is 49.5 Å². The highest BCUT2D eigenvalue weighted by molar-refractivity contribution is 5.78. The molecule has 2 unspecified atom stereocenters. The van der Waals surface area contributed by atoms with Crippen LogP contribution in [-0.4, -0.2) is 69.8 Å². The number of anilines is 2. The molecule has 3 aromatic rings. The molecule has 5 rings (SSSR count). The summed E-state index contributed by atoms with van der Waals surface area (Å²) in [4.78, 5) is 28.7. The van der Waals surface area contributed by atoms with Gasteiger partial charge in [-0.3, -0.25) is 25.3 Å². The first-order chi connectivity index (χ1) is 21.0. The lowest BCUT2D eigenvalue weighted by molar-refractivity contribution is -0.484. The number of nitrogens with zero attached hydrogens (tertiary/aromatic N) is 4. The number of carbonyl (C=O) groups is 1. The number of nitrogens with two attached hydrogens (primary N) is 1. The van der Waals surface area contributed by atoms with Crippen LogP contribution in [0.3, 0.4) is 0 Å². The van der Waals surface area contributed by atoms with E-state index in [2.05, 4.69) is 75.9 Å². The van der Waals surface area contributed by atoms with Gasteiger partial charge in [-0.05, 0) is 49.9 Å². The molecule has 1 amide bonds. The molecule has 44 heavy (non-hydrogen) atoms. The van der Waals surface area contributed by atoms with Crippen LogP contribution in [0.15, 0.2) is 42.7 Å². The van der Waals surface area contributed by atoms with Crippen molar-refractivity contribution in [1.29, 1.82) is 0 Å². The number of nitrogens with one attached hydrogen (secondary N) is 3. The number of hydrogen-bond acceptors (Lipinski definition) is 9. The summed E-state index contributed by atoms with van der Waals surface area (Å²) in [5.74, 6) is 1.17. The van der Waals surface area contributed by atoms with Gasteiger partial charge < -0.3 is 20.5 Å². The minimum absolute atomic E-state index is 0.0134. The topological polar surface area (TPSA) is 141 Å². The van der Waals surface area contributed by atoms with Crippen molar-refractivity contribution in [3.8, 4) is 0 Å². The smallest absolute Gasteiger partial charge is 0.241 e. The lowest BCUT2D eigenvalue weighted by Gasteiger charge is -2.29. The Labute approximate surface area is 260 Å². The Morgan fingerprint density at radius 2 is 2.02 bits per heavy atom. The second kappa shape index (κ2) is 14.1. The number of carbonyl (C=O) groups excluding carboxylic acids is 1. The fourth-order valence-electron chi connectivity index (χ4n) is 5.54. The van der Waals surface area contributed by atoms with Gasteiger partial charge in [0.25, 0.3) is 0 Å². The van der Waals surface area contributed by atoms with Crippen LogP contribution in [-0.2, 0) is 27.9 Å². The molecule has 2 aromatic heterocycles. The second-order valence-electron chi connectivity index (χ2n) is 13.1. The zero-order valence-corrected chi connectivity index (χ0v) is 26.6. The SMILES string of the molecule is CC(C)NC(O)c1cnc(Nc2ccc3c(c2)CN(CCNC(=O)C2CCOC2)CC3)nc1[NH2+]c1ccnc(C(C)(C)C)c1. The van der Waals surface area contributed by atoms with E-state index in [4.69, 9.17) is 9.72 Å². The van der Waals surface area contributed by atoms with Gasteiger partial charge in [0.15, 0.2) is 0 Å². The molecule has 6 N–H and O–H groups in total. The highest BCUT2D eigenvalue weighted by atomic mass is 16.5. The van der Waals surface area contributed by atoms with E-state index in [9.17, 15) is 9.90 Å². The lowest BCUT2D eigenvalue weighted by atomic mass is 9.91. The fraction of sp³-hybridized carbons (Fsp3) is 0.515. The standard InChI is InChI=1S/C33H46N8O3/c1-21(2)37-31(43)27-18-36-32(40-29(27)38-26-8-11-34-28(17-26)33(3,4)5)39-25-7-6-22-9-13-41(19-24(22)16-25)14-12-35-30(42)23-10-15-44-20-23/h6-8,11,16-18,21,23,31,37,43H,9-10,12-15,19-20H2,1-5H3,(H,35,42)(H2,34,36,38,39,40)/p+1. The summed E-state index contributed by atoms with van der Waals surface area (Å²) in [6.45, 7) is 14.8. The van der Waals surface area contributed by atoms with Crippen molar-refractivity contribution in [3.05, 3.63) is 65.1 Å². The molecule has 2 aliphatic heterocycles. The predicted octanol–water partition coefficient (Wildman–Crippen LogP) is 2.94. The van der Waals surface area contributed by atoms with Crippen molar-refractivity contribution >= 4 is 29.0 Å². The van der Waals surface area contributed by atoms with Crippen molar-refractivity contribution in [1.82, 2.24) is 30.5 Å². The Bertz CT molecular complexity index is 1430. The van der Waals surface area contributed by atoms with Crippen LogP contribution in [0.5, 0.6) is 0 Å². The molecule has 2 atom stereocenters. The van der Waals surface area contributed by atoms with Gasteiger partial charge in [-0.1, -0.05) is 26.8 Å². The van der Waals surface area contributed by atoms with Crippen molar-refractivity contribution < 1.29 is 20.0 Å². The van der Waals surface area contributed by atoms with Gasteiger partial charge in [-0.2, -0.15) is 4.98 Å². The van der Waals surface area contributed by atoms with E-state index in [0.29, 0.717) is 37.1 Å². The Morgan fingerprint density at radius 3 is 2.77 bits per heavy atom. The third-order valence-electron chi connectivity index (χ3n) is 8.07. The Morgan fingerprint density at radius 1 is 1.18 bits per heavy atom. The number of hydrogen-bond donors (Lipinski definition) is 5. The predicted molar refractivity (Wildman–Crippen MR) is 170 cm³/mol. The number of aliphatic hydroxyl groups is 1. The lowest BCUT2D eigenvalue weighted by Crippen LogP contribution is -2.72. The first kappa shape index (κ1) is 31.9. The maximum Gasteiger partial charge on any atom is 0.241 e. The fourth-order valence-corrected chi connectivity index (χ4v) is 5.54. The van der Waals surface area contributed by atoms with Gasteiger partial charge in [-0.25, -0.2) is 4.98 Å². The summed E-state index contributed by atoms with van der Waals surface area (Å²) in [6, 6.07) is 10.5.